The lowest BCUT2D eigenvalue weighted by Crippen LogP contribution is -2.41. The Morgan fingerprint density at radius 3 is 2.39 bits per heavy atom. The Kier molecular flexibility index (Phi) is 6.79. The number of hydrogen-bond acceptors (Lipinski definition) is 7. The summed E-state index contributed by atoms with van der Waals surface area (Å²) in [5.41, 5.74) is 1.11. The monoisotopic (exact) mass is 450 g/mol. The molecule has 3 rings (SSSR count). The van der Waals surface area contributed by atoms with Gasteiger partial charge in [-0.2, -0.15) is 0 Å². The molecule has 1 atom stereocenters. The van der Waals surface area contributed by atoms with Crippen LogP contribution < -0.4 is 28.6 Å². The van der Waals surface area contributed by atoms with Crippen molar-refractivity contribution in [3.05, 3.63) is 42.0 Å². The number of nitrogens with one attached hydrogen (secondary N) is 1. The molecular weight excluding hydrogens is 424 g/mol. The molecule has 1 aliphatic rings. The fraction of sp³-hybridized carbons (Fsp3) is 0.381. The molecule has 1 amide bonds. The predicted molar refractivity (Wildman–Crippen MR) is 116 cm³/mol. The van der Waals surface area contributed by atoms with E-state index in [0.29, 0.717) is 41.9 Å². The molecule has 9 nitrogen and oxygen atoms in total. The van der Waals surface area contributed by atoms with E-state index in [-0.39, 0.29) is 12.6 Å². The number of carbonyl (C=O) groups is 1. The second kappa shape index (κ2) is 9.34. The molecule has 0 saturated carbocycles. The van der Waals surface area contributed by atoms with Crippen molar-refractivity contribution in [2.24, 2.45) is 0 Å². The Balaban J connectivity index is 1.76. The Bertz CT molecular complexity index is 1060. The summed E-state index contributed by atoms with van der Waals surface area (Å²) in [6.07, 6.45) is 1.04. The third kappa shape index (κ3) is 5.32. The molecule has 10 heteroatoms. The van der Waals surface area contributed by atoms with Gasteiger partial charge in [-0.05, 0) is 36.8 Å². The minimum absolute atomic E-state index is 0.294. The molecule has 0 radical (unpaired) electrons. The predicted octanol–water partition coefficient (Wildman–Crippen LogP) is 2.12. The molecule has 31 heavy (non-hydrogen) atoms. The van der Waals surface area contributed by atoms with Gasteiger partial charge in [-0.3, -0.25) is 9.10 Å². The van der Waals surface area contributed by atoms with Crippen LogP contribution in [0.5, 0.6) is 23.0 Å². The minimum Gasteiger partial charge on any atom is -0.493 e. The third-order valence-corrected chi connectivity index (χ3v) is 5.93. The van der Waals surface area contributed by atoms with E-state index in [1.807, 2.05) is 19.1 Å². The zero-order valence-corrected chi connectivity index (χ0v) is 18.7. The maximum absolute atomic E-state index is 12.7. The molecule has 0 bridgehead atoms. The molecule has 2 aromatic carbocycles. The van der Waals surface area contributed by atoms with E-state index in [4.69, 9.17) is 18.9 Å². The molecule has 0 unspecified atom stereocenters. The highest BCUT2D eigenvalue weighted by molar-refractivity contribution is 7.92. The van der Waals surface area contributed by atoms with Crippen molar-refractivity contribution < 1.29 is 32.2 Å². The van der Waals surface area contributed by atoms with Gasteiger partial charge in [0.05, 0.1) is 32.2 Å². The summed E-state index contributed by atoms with van der Waals surface area (Å²) in [5.74, 6) is 1.64. The van der Waals surface area contributed by atoms with Crippen LogP contribution >= 0.6 is 0 Å². The van der Waals surface area contributed by atoms with E-state index in [1.54, 1.807) is 18.2 Å². The second-order valence-electron chi connectivity index (χ2n) is 7.00. The van der Waals surface area contributed by atoms with Crippen molar-refractivity contribution in [3.8, 4) is 23.0 Å². The Labute approximate surface area is 181 Å². The van der Waals surface area contributed by atoms with Crippen molar-refractivity contribution in [2.45, 2.75) is 13.0 Å². The number of fused-ring (bicyclic) bond motifs is 1. The number of sulfonamides is 1. The van der Waals surface area contributed by atoms with E-state index in [2.05, 4.69) is 5.32 Å². The first kappa shape index (κ1) is 22.5. The highest BCUT2D eigenvalue weighted by atomic mass is 32.2. The first-order valence-corrected chi connectivity index (χ1v) is 11.5. The van der Waals surface area contributed by atoms with Crippen LogP contribution in [0.2, 0.25) is 0 Å². The van der Waals surface area contributed by atoms with Crippen molar-refractivity contribution in [1.82, 2.24) is 5.32 Å². The molecule has 0 aromatic heterocycles. The van der Waals surface area contributed by atoms with Gasteiger partial charge in [-0.15, -0.1) is 0 Å². The van der Waals surface area contributed by atoms with Crippen molar-refractivity contribution in [3.63, 3.8) is 0 Å². The quantitative estimate of drug-likeness (QED) is 0.657. The Morgan fingerprint density at radius 1 is 1.06 bits per heavy atom. The molecule has 1 heterocycles. The lowest BCUT2D eigenvalue weighted by atomic mass is 10.1. The second-order valence-corrected chi connectivity index (χ2v) is 8.91. The van der Waals surface area contributed by atoms with E-state index < -0.39 is 15.9 Å². The summed E-state index contributed by atoms with van der Waals surface area (Å²) in [6.45, 7) is 2.38. The van der Waals surface area contributed by atoms with Crippen molar-refractivity contribution in [1.29, 1.82) is 0 Å². The summed E-state index contributed by atoms with van der Waals surface area (Å²) in [7, 11) is -0.793. The average Bonchev–Trinajstić information content (AvgIpc) is 2.75. The topological polar surface area (TPSA) is 103 Å². The van der Waals surface area contributed by atoms with Crippen LogP contribution in [0.3, 0.4) is 0 Å². The van der Waals surface area contributed by atoms with Gasteiger partial charge in [0.2, 0.25) is 15.9 Å². The summed E-state index contributed by atoms with van der Waals surface area (Å²) in [5, 5.41) is 2.83. The van der Waals surface area contributed by atoms with Gasteiger partial charge in [0.15, 0.2) is 23.0 Å². The molecule has 1 N–H and O–H groups in total. The Morgan fingerprint density at radius 2 is 1.74 bits per heavy atom. The standard InChI is InChI=1S/C21H26N2O7S/c1-14(15-5-7-18-20(11-15)30-10-9-29-18)22-21(24)13-23(31(4,25)26)16-6-8-17(27-2)19(12-16)28-3/h5-8,11-12,14H,9-10,13H2,1-4H3,(H,22,24)/t14-/m0/s1. The number of rotatable bonds is 8. The number of amides is 1. The number of anilines is 1. The summed E-state index contributed by atoms with van der Waals surface area (Å²) in [4.78, 5) is 12.7. The lowest BCUT2D eigenvalue weighted by molar-refractivity contribution is -0.120. The minimum atomic E-state index is -3.73. The lowest BCUT2D eigenvalue weighted by Gasteiger charge is -2.24. The fourth-order valence-corrected chi connectivity index (χ4v) is 4.06. The zero-order valence-electron chi connectivity index (χ0n) is 17.9. The number of methoxy groups -OCH3 is 2. The largest absolute Gasteiger partial charge is 0.493 e. The van der Waals surface area contributed by atoms with Crippen LogP contribution in [0.4, 0.5) is 5.69 Å². The molecule has 1 aliphatic heterocycles. The van der Waals surface area contributed by atoms with Crippen molar-refractivity contribution >= 4 is 21.6 Å². The molecule has 0 aliphatic carbocycles. The number of carbonyl (C=O) groups excluding carboxylic acids is 1. The van der Waals surface area contributed by atoms with Crippen LogP contribution in [0.25, 0.3) is 0 Å². The van der Waals surface area contributed by atoms with Crippen molar-refractivity contribution in [2.75, 3.05) is 44.5 Å². The highest BCUT2D eigenvalue weighted by Crippen LogP contribution is 2.33. The van der Waals surface area contributed by atoms with Crippen LogP contribution in [0.1, 0.15) is 18.5 Å². The van der Waals surface area contributed by atoms with Crippen LogP contribution in [-0.2, 0) is 14.8 Å². The number of ether oxygens (including phenoxy) is 4. The average molecular weight is 451 g/mol. The molecule has 2 aromatic rings. The number of benzene rings is 2. The van der Waals surface area contributed by atoms with Gasteiger partial charge in [0, 0.05) is 6.07 Å². The first-order valence-electron chi connectivity index (χ1n) is 9.61. The van der Waals surface area contributed by atoms with E-state index in [9.17, 15) is 13.2 Å². The van der Waals surface area contributed by atoms with Gasteiger partial charge in [-0.25, -0.2) is 8.42 Å². The highest BCUT2D eigenvalue weighted by Gasteiger charge is 2.24. The first-order chi connectivity index (χ1) is 14.7. The van der Waals surface area contributed by atoms with E-state index in [1.165, 1.54) is 20.3 Å². The number of hydrogen-bond donors (Lipinski definition) is 1. The third-order valence-electron chi connectivity index (χ3n) is 4.79. The van der Waals surface area contributed by atoms with Gasteiger partial charge in [0.1, 0.15) is 19.8 Å². The van der Waals surface area contributed by atoms with Gasteiger partial charge in [-0.1, -0.05) is 6.07 Å². The molecule has 168 valence electrons. The maximum atomic E-state index is 12.7. The zero-order chi connectivity index (χ0) is 22.6. The fourth-order valence-electron chi connectivity index (χ4n) is 3.21. The molecular formula is C21H26N2O7S. The number of nitrogens with zero attached hydrogens (tertiary/aromatic N) is 1. The SMILES string of the molecule is COc1ccc(N(CC(=O)N[C@@H](C)c2ccc3c(c2)OCCO3)S(C)(=O)=O)cc1OC. The van der Waals surface area contributed by atoms with Gasteiger partial charge >= 0.3 is 0 Å². The molecule has 0 saturated heterocycles. The maximum Gasteiger partial charge on any atom is 0.241 e. The summed E-state index contributed by atoms with van der Waals surface area (Å²) < 4.78 is 47.3. The smallest absolute Gasteiger partial charge is 0.241 e. The van der Waals surface area contributed by atoms with E-state index in [0.717, 1.165) is 16.1 Å². The van der Waals surface area contributed by atoms with Crippen LogP contribution in [0.15, 0.2) is 36.4 Å². The normalized spacial score (nSPS) is 13.8. The van der Waals surface area contributed by atoms with Crippen LogP contribution in [-0.4, -0.2) is 54.6 Å². The van der Waals surface area contributed by atoms with Crippen LogP contribution in [0, 0.1) is 0 Å². The molecule has 0 fully saturated rings. The summed E-state index contributed by atoms with van der Waals surface area (Å²) in [6, 6.07) is 9.72. The molecule has 0 spiro atoms. The summed E-state index contributed by atoms with van der Waals surface area (Å²) >= 11 is 0. The van der Waals surface area contributed by atoms with E-state index >= 15 is 0 Å². The Hall–Kier alpha value is -3.14. The van der Waals surface area contributed by atoms with Gasteiger partial charge in [0.25, 0.3) is 0 Å². The van der Waals surface area contributed by atoms with Gasteiger partial charge < -0.3 is 24.3 Å².